The standard InChI is InChI=1S/C14H17NO3/c1-3-4-5-6-9-13-12(11-16)8-7-10-15(13)14(17)18-2/h7-8,10-11,13H,3-5H2,1-2H3. The van der Waals surface area contributed by atoms with E-state index in [0.29, 0.717) is 5.57 Å². The van der Waals surface area contributed by atoms with Crippen molar-refractivity contribution in [1.29, 1.82) is 0 Å². The van der Waals surface area contributed by atoms with Crippen molar-refractivity contribution in [2.24, 2.45) is 0 Å². The Balaban J connectivity index is 2.86. The van der Waals surface area contributed by atoms with Crippen molar-refractivity contribution >= 4 is 12.4 Å². The topological polar surface area (TPSA) is 46.6 Å². The normalized spacial score (nSPS) is 17.6. The average molecular weight is 247 g/mol. The van der Waals surface area contributed by atoms with Gasteiger partial charge in [0.05, 0.1) is 7.11 Å². The Morgan fingerprint density at radius 3 is 3.00 bits per heavy atom. The van der Waals surface area contributed by atoms with E-state index < -0.39 is 12.1 Å². The Bertz CT molecular complexity index is 426. The number of allylic oxidation sites excluding steroid dienone is 2. The second-order valence-corrected chi connectivity index (χ2v) is 3.83. The first-order valence-corrected chi connectivity index (χ1v) is 5.92. The fourth-order valence-corrected chi connectivity index (χ4v) is 1.55. The van der Waals surface area contributed by atoms with Gasteiger partial charge in [-0.05, 0) is 12.5 Å². The number of methoxy groups -OCH3 is 1. The van der Waals surface area contributed by atoms with E-state index in [4.69, 9.17) is 0 Å². The van der Waals surface area contributed by atoms with Gasteiger partial charge in [0.2, 0.25) is 0 Å². The molecule has 0 radical (unpaired) electrons. The maximum atomic E-state index is 11.6. The molecule has 0 N–H and O–H groups in total. The van der Waals surface area contributed by atoms with Crippen molar-refractivity contribution < 1.29 is 14.3 Å². The maximum absolute atomic E-state index is 11.6. The summed E-state index contributed by atoms with van der Waals surface area (Å²) in [4.78, 5) is 23.9. The van der Waals surface area contributed by atoms with E-state index in [1.54, 1.807) is 18.4 Å². The minimum atomic E-state index is -0.545. The molecular formula is C14H17NO3. The summed E-state index contributed by atoms with van der Waals surface area (Å²) in [6.45, 7) is 2.09. The Labute approximate surface area is 107 Å². The molecule has 1 heterocycles. The highest BCUT2D eigenvalue weighted by atomic mass is 16.5. The number of carbonyl (C=O) groups is 2. The molecule has 0 aromatic heterocycles. The van der Waals surface area contributed by atoms with Crippen LogP contribution in [-0.4, -0.2) is 30.4 Å². The first-order chi connectivity index (χ1) is 8.74. The minimum absolute atomic E-state index is 0.465. The monoisotopic (exact) mass is 247 g/mol. The number of hydrogen-bond acceptors (Lipinski definition) is 3. The van der Waals surface area contributed by atoms with Gasteiger partial charge in [-0.15, -0.1) is 5.92 Å². The van der Waals surface area contributed by atoms with Gasteiger partial charge in [-0.1, -0.05) is 25.3 Å². The van der Waals surface area contributed by atoms with Crippen molar-refractivity contribution in [2.45, 2.75) is 32.2 Å². The van der Waals surface area contributed by atoms with Crippen LogP contribution in [0, 0.1) is 11.8 Å². The molecule has 0 aliphatic carbocycles. The highest BCUT2D eigenvalue weighted by Gasteiger charge is 2.25. The van der Waals surface area contributed by atoms with Crippen molar-refractivity contribution in [3.05, 3.63) is 23.9 Å². The third-order valence-corrected chi connectivity index (χ3v) is 2.54. The van der Waals surface area contributed by atoms with Crippen LogP contribution in [0.5, 0.6) is 0 Å². The van der Waals surface area contributed by atoms with Crippen molar-refractivity contribution in [2.75, 3.05) is 7.11 Å². The van der Waals surface area contributed by atoms with Crippen LogP contribution in [-0.2, 0) is 9.53 Å². The van der Waals surface area contributed by atoms with Gasteiger partial charge in [0.15, 0.2) is 0 Å². The van der Waals surface area contributed by atoms with E-state index in [-0.39, 0.29) is 0 Å². The fraction of sp³-hybridized carbons (Fsp3) is 0.429. The molecule has 1 amide bonds. The SMILES string of the molecule is CCCCC#CC1C(C=O)=CC=CN1C(=O)OC. The molecule has 0 bridgehead atoms. The third kappa shape index (κ3) is 3.49. The number of carbonyl (C=O) groups excluding carboxylic acids is 2. The van der Waals surface area contributed by atoms with E-state index in [2.05, 4.69) is 23.5 Å². The molecule has 0 aromatic rings. The second-order valence-electron chi connectivity index (χ2n) is 3.83. The van der Waals surface area contributed by atoms with Gasteiger partial charge in [0, 0.05) is 18.2 Å². The van der Waals surface area contributed by atoms with Crippen molar-refractivity contribution in [3.63, 3.8) is 0 Å². The quantitative estimate of drug-likeness (QED) is 0.436. The molecule has 0 saturated carbocycles. The predicted molar refractivity (Wildman–Crippen MR) is 68.6 cm³/mol. The first-order valence-electron chi connectivity index (χ1n) is 5.92. The van der Waals surface area contributed by atoms with Gasteiger partial charge in [0.1, 0.15) is 12.3 Å². The lowest BCUT2D eigenvalue weighted by Crippen LogP contribution is -2.38. The third-order valence-electron chi connectivity index (χ3n) is 2.54. The molecule has 18 heavy (non-hydrogen) atoms. The van der Waals surface area contributed by atoms with Gasteiger partial charge in [-0.25, -0.2) is 4.79 Å². The lowest BCUT2D eigenvalue weighted by Gasteiger charge is -2.25. The minimum Gasteiger partial charge on any atom is -0.452 e. The van der Waals surface area contributed by atoms with Crippen LogP contribution in [0.2, 0.25) is 0 Å². The summed E-state index contributed by atoms with van der Waals surface area (Å²) >= 11 is 0. The maximum Gasteiger partial charge on any atom is 0.414 e. The van der Waals surface area contributed by atoms with Gasteiger partial charge >= 0.3 is 6.09 Å². The zero-order valence-electron chi connectivity index (χ0n) is 10.7. The summed E-state index contributed by atoms with van der Waals surface area (Å²) in [5.74, 6) is 5.94. The van der Waals surface area contributed by atoms with Gasteiger partial charge in [-0.3, -0.25) is 9.69 Å². The summed E-state index contributed by atoms with van der Waals surface area (Å²) in [5.41, 5.74) is 0.465. The molecule has 0 aromatic carbocycles. The van der Waals surface area contributed by atoms with Crippen LogP contribution < -0.4 is 0 Å². The number of aldehydes is 1. The molecule has 0 fully saturated rings. The Hall–Kier alpha value is -2.02. The van der Waals surface area contributed by atoms with Crippen molar-refractivity contribution in [3.8, 4) is 11.8 Å². The molecule has 1 atom stereocenters. The molecular weight excluding hydrogens is 230 g/mol. The van der Waals surface area contributed by atoms with Crippen LogP contribution in [0.25, 0.3) is 0 Å². The molecule has 0 saturated heterocycles. The lowest BCUT2D eigenvalue weighted by molar-refractivity contribution is -0.105. The number of amides is 1. The second kappa shape index (κ2) is 7.33. The largest absolute Gasteiger partial charge is 0.452 e. The van der Waals surface area contributed by atoms with Crippen LogP contribution in [0.4, 0.5) is 4.79 Å². The number of ether oxygens (including phenoxy) is 1. The van der Waals surface area contributed by atoms with E-state index in [1.807, 2.05) is 0 Å². The fourth-order valence-electron chi connectivity index (χ4n) is 1.55. The number of hydrogen-bond donors (Lipinski definition) is 0. The molecule has 96 valence electrons. The lowest BCUT2D eigenvalue weighted by atomic mass is 10.0. The van der Waals surface area contributed by atoms with Crippen molar-refractivity contribution in [1.82, 2.24) is 4.90 Å². The highest BCUT2D eigenvalue weighted by Crippen LogP contribution is 2.15. The number of unbranched alkanes of at least 4 members (excludes halogenated alkanes) is 2. The predicted octanol–water partition coefficient (Wildman–Crippen LogP) is 2.27. The smallest absolute Gasteiger partial charge is 0.414 e. The first kappa shape index (κ1) is 14.0. The van der Waals surface area contributed by atoms with E-state index in [1.165, 1.54) is 12.0 Å². The summed E-state index contributed by atoms with van der Waals surface area (Å²) < 4.78 is 4.67. The Kier molecular flexibility index (Phi) is 5.72. The van der Waals surface area contributed by atoms with E-state index >= 15 is 0 Å². The summed E-state index contributed by atoms with van der Waals surface area (Å²) in [6.07, 6.45) is 7.89. The molecule has 4 nitrogen and oxygen atoms in total. The zero-order valence-corrected chi connectivity index (χ0v) is 10.7. The molecule has 1 aliphatic rings. The molecule has 0 spiro atoms. The van der Waals surface area contributed by atoms with Crippen LogP contribution in [0.3, 0.4) is 0 Å². The summed E-state index contributed by atoms with van der Waals surface area (Å²) in [7, 11) is 1.30. The van der Waals surface area contributed by atoms with Crippen LogP contribution >= 0.6 is 0 Å². The molecule has 1 aliphatic heterocycles. The molecule has 1 unspecified atom stereocenters. The zero-order chi connectivity index (χ0) is 13.4. The molecule has 4 heteroatoms. The Morgan fingerprint density at radius 2 is 2.39 bits per heavy atom. The highest BCUT2D eigenvalue weighted by molar-refractivity contribution is 5.81. The van der Waals surface area contributed by atoms with Gasteiger partial charge in [0.25, 0.3) is 0 Å². The number of nitrogens with zero attached hydrogens (tertiary/aromatic N) is 1. The van der Waals surface area contributed by atoms with Crippen LogP contribution in [0.1, 0.15) is 26.2 Å². The summed E-state index contributed by atoms with van der Waals surface area (Å²) in [6, 6.07) is -0.545. The van der Waals surface area contributed by atoms with Crippen LogP contribution in [0.15, 0.2) is 23.9 Å². The number of rotatable bonds is 3. The average Bonchev–Trinajstić information content (AvgIpc) is 2.42. The van der Waals surface area contributed by atoms with Gasteiger partial charge < -0.3 is 4.74 Å². The van der Waals surface area contributed by atoms with E-state index in [0.717, 1.165) is 25.5 Å². The Morgan fingerprint density at radius 1 is 1.61 bits per heavy atom. The van der Waals surface area contributed by atoms with Gasteiger partial charge in [-0.2, -0.15) is 0 Å². The summed E-state index contributed by atoms with van der Waals surface area (Å²) in [5, 5.41) is 0. The molecule has 1 rings (SSSR count). The van der Waals surface area contributed by atoms with E-state index in [9.17, 15) is 9.59 Å².